The van der Waals surface area contributed by atoms with E-state index < -0.39 is 16.9 Å². The molecule has 1 aromatic heterocycles. The van der Waals surface area contributed by atoms with Crippen LogP contribution in [0.3, 0.4) is 0 Å². The number of hydrogen-bond donors (Lipinski definition) is 0. The number of nitrogens with zero attached hydrogens (tertiary/aromatic N) is 3. The van der Waals surface area contributed by atoms with E-state index in [-0.39, 0.29) is 24.5 Å². The molecule has 4 aromatic rings. The van der Waals surface area contributed by atoms with Crippen LogP contribution in [-0.2, 0) is 16.1 Å². The van der Waals surface area contributed by atoms with Gasteiger partial charge in [0.05, 0.1) is 40.0 Å². The van der Waals surface area contributed by atoms with Gasteiger partial charge in [0.25, 0.3) is 11.2 Å². The van der Waals surface area contributed by atoms with Crippen LogP contribution in [-0.4, -0.2) is 28.7 Å². The molecule has 2 heterocycles. The fraction of sp³-hybridized carbons (Fsp3) is 0.219. The van der Waals surface area contributed by atoms with Crippen molar-refractivity contribution in [2.75, 3.05) is 13.2 Å². The van der Waals surface area contributed by atoms with E-state index in [4.69, 9.17) is 14.2 Å². The van der Waals surface area contributed by atoms with Crippen LogP contribution >= 0.6 is 11.3 Å². The third-order valence-electron chi connectivity index (χ3n) is 6.77. The summed E-state index contributed by atoms with van der Waals surface area (Å²) in [7, 11) is 0. The van der Waals surface area contributed by atoms with Gasteiger partial charge in [0, 0.05) is 17.7 Å². The number of esters is 1. The van der Waals surface area contributed by atoms with Gasteiger partial charge in [-0.2, -0.15) is 0 Å². The molecule has 43 heavy (non-hydrogen) atoms. The zero-order chi connectivity index (χ0) is 30.5. The quantitative estimate of drug-likeness (QED) is 0.147. The number of para-hydroxylation sites is 1. The first kappa shape index (κ1) is 29.5. The predicted molar refractivity (Wildman–Crippen MR) is 162 cm³/mol. The van der Waals surface area contributed by atoms with Gasteiger partial charge in [-0.25, -0.2) is 9.79 Å². The minimum absolute atomic E-state index is 0.00409. The van der Waals surface area contributed by atoms with Crippen molar-refractivity contribution >= 4 is 29.1 Å². The molecule has 0 unspecified atom stereocenters. The number of thiazole rings is 1. The first-order chi connectivity index (χ1) is 20.8. The molecule has 0 aliphatic carbocycles. The first-order valence-corrected chi connectivity index (χ1v) is 14.5. The van der Waals surface area contributed by atoms with Crippen LogP contribution in [0.25, 0.3) is 6.08 Å². The van der Waals surface area contributed by atoms with Crippen LogP contribution in [0, 0.1) is 10.1 Å². The van der Waals surface area contributed by atoms with E-state index in [1.165, 1.54) is 28.0 Å². The van der Waals surface area contributed by atoms with Crippen LogP contribution in [0.4, 0.5) is 5.69 Å². The topological polar surface area (TPSA) is 122 Å². The van der Waals surface area contributed by atoms with Gasteiger partial charge in [-0.05, 0) is 68.3 Å². The van der Waals surface area contributed by atoms with Crippen LogP contribution in [0.5, 0.6) is 11.5 Å². The molecule has 1 atom stereocenters. The largest absolute Gasteiger partial charge is 0.494 e. The summed E-state index contributed by atoms with van der Waals surface area (Å²) >= 11 is 1.22. The van der Waals surface area contributed by atoms with Gasteiger partial charge in [0.2, 0.25) is 0 Å². The highest BCUT2D eigenvalue weighted by Crippen LogP contribution is 2.32. The maximum atomic E-state index is 14.0. The van der Waals surface area contributed by atoms with E-state index >= 15 is 0 Å². The number of benzene rings is 3. The summed E-state index contributed by atoms with van der Waals surface area (Å²) in [5.74, 6) is 0.697. The van der Waals surface area contributed by atoms with E-state index in [2.05, 4.69) is 4.99 Å². The highest BCUT2D eigenvalue weighted by Gasteiger charge is 2.33. The van der Waals surface area contributed by atoms with E-state index in [1.807, 2.05) is 49.4 Å². The summed E-state index contributed by atoms with van der Waals surface area (Å²) in [6, 6.07) is 20.0. The van der Waals surface area contributed by atoms with Crippen molar-refractivity contribution in [3.05, 3.63) is 131 Å². The zero-order valence-corrected chi connectivity index (χ0v) is 24.6. The summed E-state index contributed by atoms with van der Waals surface area (Å²) in [6.45, 7) is 6.26. The Morgan fingerprint density at radius 1 is 1.02 bits per heavy atom. The van der Waals surface area contributed by atoms with Gasteiger partial charge in [-0.3, -0.25) is 19.5 Å². The van der Waals surface area contributed by atoms with Crippen LogP contribution in [0.1, 0.15) is 43.5 Å². The lowest BCUT2D eigenvalue weighted by Gasteiger charge is -2.24. The number of aromatic nitrogens is 1. The van der Waals surface area contributed by atoms with Crippen LogP contribution < -0.4 is 24.4 Å². The van der Waals surface area contributed by atoms with Crippen molar-refractivity contribution in [3.8, 4) is 11.5 Å². The Morgan fingerprint density at radius 3 is 2.42 bits per heavy atom. The molecule has 220 valence electrons. The second-order valence-corrected chi connectivity index (χ2v) is 10.6. The summed E-state index contributed by atoms with van der Waals surface area (Å²) in [5.41, 5.74) is 2.64. The monoisotopic (exact) mass is 599 g/mol. The fourth-order valence-electron chi connectivity index (χ4n) is 4.77. The number of nitro groups is 1. The third kappa shape index (κ3) is 6.26. The molecular weight excluding hydrogens is 570 g/mol. The standard InChI is InChI=1S/C32H29N3O7S/c1-4-40-25-16-12-22(13-17-25)29-28(31(37)41-5-2)20(3)33-32-34(29)30(36)27(43-32)18-23-8-6-7-9-26(23)42-19-21-10-14-24(15-11-21)35(38)39/h6-18,29H,4-5,19H2,1-3H3/b27-18-/t29-/m0/s1. The first-order valence-electron chi connectivity index (χ1n) is 13.7. The number of carbonyl (C=O) groups excluding carboxylic acids is 1. The van der Waals surface area contributed by atoms with Crippen molar-refractivity contribution in [2.45, 2.75) is 33.4 Å². The fourth-order valence-corrected chi connectivity index (χ4v) is 5.80. The second kappa shape index (κ2) is 12.9. The molecule has 1 aliphatic rings. The van der Waals surface area contributed by atoms with Crippen molar-refractivity contribution in [2.24, 2.45) is 4.99 Å². The van der Waals surface area contributed by atoms with Crippen molar-refractivity contribution in [1.29, 1.82) is 0 Å². The number of hydrogen-bond acceptors (Lipinski definition) is 9. The molecule has 0 N–H and O–H groups in total. The summed E-state index contributed by atoms with van der Waals surface area (Å²) in [6.07, 6.45) is 1.74. The molecule has 0 amide bonds. The molecular formula is C32H29N3O7S. The van der Waals surface area contributed by atoms with Gasteiger partial charge in [-0.1, -0.05) is 41.7 Å². The molecule has 0 saturated carbocycles. The lowest BCUT2D eigenvalue weighted by Crippen LogP contribution is -2.39. The maximum absolute atomic E-state index is 14.0. The lowest BCUT2D eigenvalue weighted by atomic mass is 9.96. The van der Waals surface area contributed by atoms with Gasteiger partial charge in [0.1, 0.15) is 18.1 Å². The number of ether oxygens (including phenoxy) is 3. The van der Waals surface area contributed by atoms with Crippen molar-refractivity contribution < 1.29 is 23.9 Å². The molecule has 0 saturated heterocycles. The van der Waals surface area contributed by atoms with Gasteiger partial charge >= 0.3 is 5.97 Å². The van der Waals surface area contributed by atoms with E-state index in [0.717, 1.165) is 11.1 Å². The van der Waals surface area contributed by atoms with Gasteiger partial charge in [-0.15, -0.1) is 0 Å². The minimum atomic E-state index is -0.734. The highest BCUT2D eigenvalue weighted by atomic mass is 32.1. The summed E-state index contributed by atoms with van der Waals surface area (Å²) < 4.78 is 18.9. The Bertz CT molecular complexity index is 1870. The zero-order valence-electron chi connectivity index (χ0n) is 23.8. The second-order valence-electron chi connectivity index (χ2n) is 9.55. The molecule has 1 aliphatic heterocycles. The average Bonchev–Trinajstić information content (AvgIpc) is 3.30. The highest BCUT2D eigenvalue weighted by molar-refractivity contribution is 7.07. The Balaban J connectivity index is 1.54. The molecule has 0 bridgehead atoms. The maximum Gasteiger partial charge on any atom is 0.338 e. The number of carbonyl (C=O) groups is 1. The number of rotatable bonds is 10. The number of allylic oxidation sites excluding steroid dienone is 1. The summed E-state index contributed by atoms with van der Waals surface area (Å²) in [4.78, 5) is 42.7. The van der Waals surface area contributed by atoms with Crippen LogP contribution in [0.15, 0.2) is 93.9 Å². The Kier molecular flexibility index (Phi) is 8.82. The molecule has 0 radical (unpaired) electrons. The molecule has 10 nitrogen and oxygen atoms in total. The van der Waals surface area contributed by atoms with Crippen molar-refractivity contribution in [3.63, 3.8) is 0 Å². The number of non-ortho nitro benzene ring substituents is 1. The van der Waals surface area contributed by atoms with Gasteiger partial charge in [0.15, 0.2) is 4.80 Å². The van der Waals surface area contributed by atoms with Crippen molar-refractivity contribution in [1.82, 2.24) is 4.57 Å². The predicted octanol–water partition coefficient (Wildman–Crippen LogP) is 4.68. The Labute approximate surface area is 251 Å². The third-order valence-corrected chi connectivity index (χ3v) is 7.75. The molecule has 5 rings (SSSR count). The minimum Gasteiger partial charge on any atom is -0.494 e. The summed E-state index contributed by atoms with van der Waals surface area (Å²) in [5, 5.41) is 11.0. The Hall–Kier alpha value is -5.03. The van der Waals surface area contributed by atoms with E-state index in [1.54, 1.807) is 38.1 Å². The number of fused-ring (bicyclic) bond motifs is 1. The van der Waals surface area contributed by atoms with Gasteiger partial charge < -0.3 is 14.2 Å². The Morgan fingerprint density at radius 2 is 1.74 bits per heavy atom. The van der Waals surface area contributed by atoms with Crippen LogP contribution in [0.2, 0.25) is 0 Å². The molecule has 11 heteroatoms. The van der Waals surface area contributed by atoms with E-state index in [9.17, 15) is 19.7 Å². The number of nitro benzene ring substituents is 1. The smallest absolute Gasteiger partial charge is 0.338 e. The molecule has 3 aromatic carbocycles. The lowest BCUT2D eigenvalue weighted by molar-refractivity contribution is -0.384. The molecule has 0 spiro atoms. The van der Waals surface area contributed by atoms with E-state index in [0.29, 0.717) is 44.3 Å². The normalized spacial score (nSPS) is 14.6. The SMILES string of the molecule is CCOC(=O)C1=C(C)N=c2s/c(=C\c3ccccc3OCc3ccc([N+](=O)[O-])cc3)c(=O)n2[C@H]1c1ccc(OCC)cc1. The molecule has 0 fully saturated rings. The average molecular weight is 600 g/mol.